The second-order valence-electron chi connectivity index (χ2n) is 3.48. The van der Waals surface area contributed by atoms with Gasteiger partial charge in [-0.2, -0.15) is 0 Å². The van der Waals surface area contributed by atoms with E-state index in [1.54, 1.807) is 0 Å². The molecule has 1 unspecified atom stereocenters. The maximum atomic E-state index is 10.3. The SMILES string of the molecule is CN(C)CC(O)c1ccc([N+](=O)[O-])nc1. The van der Waals surface area contributed by atoms with Crippen LogP contribution in [0, 0.1) is 10.1 Å². The van der Waals surface area contributed by atoms with E-state index < -0.39 is 11.0 Å². The molecule has 6 heteroatoms. The summed E-state index contributed by atoms with van der Waals surface area (Å²) in [5.41, 5.74) is 0.578. The van der Waals surface area contributed by atoms with Crippen LogP contribution in [0.25, 0.3) is 0 Å². The molecule has 1 atom stereocenters. The standard InChI is InChI=1S/C9H13N3O3/c1-11(2)6-8(13)7-3-4-9(10-5-7)12(14)15/h3-5,8,13H,6H2,1-2H3. The first-order valence-electron chi connectivity index (χ1n) is 4.44. The second kappa shape index (κ2) is 4.81. The Balaban J connectivity index is 2.75. The summed E-state index contributed by atoms with van der Waals surface area (Å²) in [6.45, 7) is 0.458. The minimum absolute atomic E-state index is 0.212. The van der Waals surface area contributed by atoms with Crippen molar-refractivity contribution in [2.45, 2.75) is 6.10 Å². The van der Waals surface area contributed by atoms with Crippen LogP contribution < -0.4 is 0 Å². The van der Waals surface area contributed by atoms with Crippen molar-refractivity contribution in [3.8, 4) is 0 Å². The third-order valence-electron chi connectivity index (χ3n) is 1.88. The Morgan fingerprint density at radius 2 is 2.27 bits per heavy atom. The number of aliphatic hydroxyl groups is 1. The van der Waals surface area contributed by atoms with Crippen molar-refractivity contribution in [2.24, 2.45) is 0 Å². The van der Waals surface area contributed by atoms with Crippen LogP contribution >= 0.6 is 0 Å². The average molecular weight is 211 g/mol. The molecule has 0 aliphatic heterocycles. The topological polar surface area (TPSA) is 79.5 Å². The molecule has 1 aromatic heterocycles. The third-order valence-corrected chi connectivity index (χ3v) is 1.88. The van der Waals surface area contributed by atoms with Crippen LogP contribution in [0.5, 0.6) is 0 Å². The van der Waals surface area contributed by atoms with Crippen molar-refractivity contribution >= 4 is 5.82 Å². The molecule has 15 heavy (non-hydrogen) atoms. The van der Waals surface area contributed by atoms with Gasteiger partial charge in [-0.3, -0.25) is 0 Å². The zero-order chi connectivity index (χ0) is 11.4. The van der Waals surface area contributed by atoms with Crippen molar-refractivity contribution in [1.82, 2.24) is 9.88 Å². The van der Waals surface area contributed by atoms with E-state index in [4.69, 9.17) is 0 Å². The predicted octanol–water partition coefficient (Wildman–Crippen LogP) is 0.585. The minimum atomic E-state index is -0.673. The van der Waals surface area contributed by atoms with Crippen molar-refractivity contribution in [2.75, 3.05) is 20.6 Å². The van der Waals surface area contributed by atoms with Crippen LogP contribution in [0.15, 0.2) is 18.3 Å². The van der Waals surface area contributed by atoms with Gasteiger partial charge in [-0.05, 0) is 30.1 Å². The normalized spacial score (nSPS) is 12.8. The molecular formula is C9H13N3O3. The number of pyridine rings is 1. The van der Waals surface area contributed by atoms with E-state index in [9.17, 15) is 15.2 Å². The van der Waals surface area contributed by atoms with Gasteiger partial charge in [0.15, 0.2) is 0 Å². The van der Waals surface area contributed by atoms with Crippen molar-refractivity contribution in [3.05, 3.63) is 34.0 Å². The maximum Gasteiger partial charge on any atom is 0.363 e. The smallest absolute Gasteiger partial charge is 0.363 e. The van der Waals surface area contributed by atoms with E-state index in [2.05, 4.69) is 4.98 Å². The van der Waals surface area contributed by atoms with E-state index in [0.29, 0.717) is 12.1 Å². The summed E-state index contributed by atoms with van der Waals surface area (Å²) in [5, 5.41) is 20.0. The van der Waals surface area contributed by atoms with Gasteiger partial charge in [0.05, 0.1) is 6.10 Å². The van der Waals surface area contributed by atoms with Gasteiger partial charge < -0.3 is 20.1 Å². The number of nitro groups is 1. The lowest BCUT2D eigenvalue weighted by atomic mass is 10.1. The van der Waals surface area contributed by atoms with Crippen molar-refractivity contribution < 1.29 is 10.0 Å². The Labute approximate surface area is 87.3 Å². The maximum absolute atomic E-state index is 10.3. The van der Waals surface area contributed by atoms with Crippen LogP contribution in [0.1, 0.15) is 11.7 Å². The first-order valence-corrected chi connectivity index (χ1v) is 4.44. The fourth-order valence-corrected chi connectivity index (χ4v) is 1.15. The fraction of sp³-hybridized carbons (Fsp3) is 0.444. The molecule has 0 fully saturated rings. The Kier molecular flexibility index (Phi) is 3.70. The number of hydrogen-bond acceptors (Lipinski definition) is 5. The Morgan fingerprint density at radius 3 is 2.67 bits per heavy atom. The van der Waals surface area contributed by atoms with Crippen LogP contribution in [0.4, 0.5) is 5.82 Å². The molecule has 0 saturated heterocycles. The molecule has 0 bridgehead atoms. The van der Waals surface area contributed by atoms with E-state index in [0.717, 1.165) is 0 Å². The third kappa shape index (κ3) is 3.26. The van der Waals surface area contributed by atoms with Gasteiger partial charge in [-0.1, -0.05) is 0 Å². The molecule has 1 aromatic rings. The van der Waals surface area contributed by atoms with Gasteiger partial charge in [0.1, 0.15) is 6.20 Å². The largest absolute Gasteiger partial charge is 0.387 e. The molecule has 1 N–H and O–H groups in total. The lowest BCUT2D eigenvalue weighted by Gasteiger charge is -2.14. The van der Waals surface area contributed by atoms with Crippen LogP contribution in [0.3, 0.4) is 0 Å². The molecule has 0 aliphatic carbocycles. The summed E-state index contributed by atoms with van der Waals surface area (Å²) in [5.74, 6) is -0.212. The monoisotopic (exact) mass is 211 g/mol. The Morgan fingerprint density at radius 1 is 1.60 bits per heavy atom. The zero-order valence-corrected chi connectivity index (χ0v) is 8.62. The fourth-order valence-electron chi connectivity index (χ4n) is 1.15. The highest BCUT2D eigenvalue weighted by atomic mass is 16.6. The first-order chi connectivity index (χ1) is 7.00. The quantitative estimate of drug-likeness (QED) is 0.582. The summed E-state index contributed by atoms with van der Waals surface area (Å²) in [4.78, 5) is 15.2. The highest BCUT2D eigenvalue weighted by molar-refractivity contribution is 5.24. The van der Waals surface area contributed by atoms with Crippen molar-refractivity contribution in [1.29, 1.82) is 0 Å². The van der Waals surface area contributed by atoms with E-state index in [-0.39, 0.29) is 5.82 Å². The molecule has 0 saturated carbocycles. The van der Waals surface area contributed by atoms with Crippen molar-refractivity contribution in [3.63, 3.8) is 0 Å². The lowest BCUT2D eigenvalue weighted by molar-refractivity contribution is -0.389. The summed E-state index contributed by atoms with van der Waals surface area (Å²) in [7, 11) is 3.67. The van der Waals surface area contributed by atoms with Gasteiger partial charge in [0.2, 0.25) is 0 Å². The van der Waals surface area contributed by atoms with Gasteiger partial charge in [-0.25, -0.2) is 0 Å². The minimum Gasteiger partial charge on any atom is -0.387 e. The lowest BCUT2D eigenvalue weighted by Crippen LogP contribution is -2.20. The van der Waals surface area contributed by atoms with E-state index >= 15 is 0 Å². The number of hydrogen-bond donors (Lipinski definition) is 1. The Hall–Kier alpha value is -1.53. The highest BCUT2D eigenvalue weighted by Crippen LogP contribution is 2.15. The molecule has 82 valence electrons. The predicted molar refractivity (Wildman–Crippen MR) is 54.4 cm³/mol. The Bertz CT molecular complexity index is 337. The van der Waals surface area contributed by atoms with E-state index in [1.807, 2.05) is 19.0 Å². The molecule has 0 spiro atoms. The summed E-state index contributed by atoms with van der Waals surface area (Å²) >= 11 is 0. The van der Waals surface area contributed by atoms with Crippen LogP contribution in [-0.4, -0.2) is 40.6 Å². The molecule has 0 amide bonds. The number of nitrogens with zero attached hydrogens (tertiary/aromatic N) is 3. The van der Waals surface area contributed by atoms with E-state index in [1.165, 1.54) is 18.3 Å². The highest BCUT2D eigenvalue weighted by Gasteiger charge is 2.13. The molecule has 1 heterocycles. The molecular weight excluding hydrogens is 198 g/mol. The van der Waals surface area contributed by atoms with Gasteiger partial charge in [-0.15, -0.1) is 0 Å². The molecule has 0 aromatic carbocycles. The summed E-state index contributed by atoms with van der Waals surface area (Å²) < 4.78 is 0. The second-order valence-corrected chi connectivity index (χ2v) is 3.48. The van der Waals surface area contributed by atoms with Gasteiger partial charge in [0, 0.05) is 18.2 Å². The van der Waals surface area contributed by atoms with Crippen LogP contribution in [-0.2, 0) is 0 Å². The zero-order valence-electron chi connectivity index (χ0n) is 8.62. The molecule has 0 aliphatic rings. The van der Waals surface area contributed by atoms with Crippen LogP contribution in [0.2, 0.25) is 0 Å². The number of likely N-dealkylation sites (N-methyl/N-ethyl adjacent to an activating group) is 1. The number of aliphatic hydroxyl groups excluding tert-OH is 1. The number of rotatable bonds is 4. The average Bonchev–Trinajstić information content (AvgIpc) is 2.17. The number of aromatic nitrogens is 1. The van der Waals surface area contributed by atoms with Gasteiger partial charge >= 0.3 is 5.82 Å². The molecule has 1 rings (SSSR count). The molecule has 6 nitrogen and oxygen atoms in total. The summed E-state index contributed by atoms with van der Waals surface area (Å²) in [6, 6.07) is 2.80. The van der Waals surface area contributed by atoms with Gasteiger partial charge in [0.25, 0.3) is 0 Å². The molecule has 0 radical (unpaired) electrons. The first kappa shape index (κ1) is 11.5. The summed E-state index contributed by atoms with van der Waals surface area (Å²) in [6.07, 6.45) is 0.653.